The molecule has 2 aliphatic rings. The van der Waals surface area contributed by atoms with E-state index in [1.807, 2.05) is 0 Å². The van der Waals surface area contributed by atoms with E-state index in [1.54, 1.807) is 24.3 Å². The number of fused-ring (bicyclic) bond motifs is 1. The molecule has 0 aromatic heterocycles. The second-order valence-electron chi connectivity index (χ2n) is 9.22. The van der Waals surface area contributed by atoms with E-state index in [9.17, 15) is 9.59 Å². The van der Waals surface area contributed by atoms with E-state index in [-0.39, 0.29) is 29.3 Å². The molecular formula is C25H26Cl2FN3O2. The number of rotatable bonds is 4. The minimum absolute atomic E-state index is 0.0309. The molecule has 3 amide bonds. The Kier molecular flexibility index (Phi) is 6.18. The van der Waals surface area contributed by atoms with Gasteiger partial charge in [0.15, 0.2) is 0 Å². The Balaban J connectivity index is 1.64. The summed E-state index contributed by atoms with van der Waals surface area (Å²) in [6.45, 7) is 9.32. The smallest absolute Gasteiger partial charge is 0.329 e. The van der Waals surface area contributed by atoms with Gasteiger partial charge in [-0.05, 0) is 74.6 Å². The highest BCUT2D eigenvalue weighted by Crippen LogP contribution is 2.44. The molecule has 2 aromatic carbocycles. The molecule has 4 rings (SSSR count). The lowest BCUT2D eigenvalue weighted by Crippen LogP contribution is -2.48. The predicted octanol–water partition coefficient (Wildman–Crippen LogP) is 6.34. The largest absolute Gasteiger partial charge is 0.366 e. The van der Waals surface area contributed by atoms with Crippen molar-refractivity contribution in [1.82, 2.24) is 10.2 Å². The third kappa shape index (κ3) is 4.34. The van der Waals surface area contributed by atoms with Crippen LogP contribution in [-0.4, -0.2) is 28.9 Å². The van der Waals surface area contributed by atoms with E-state index < -0.39 is 17.8 Å². The molecule has 2 heterocycles. The summed E-state index contributed by atoms with van der Waals surface area (Å²) in [6, 6.07) is 7.68. The highest BCUT2D eigenvalue weighted by molar-refractivity contribution is 6.42. The SMILES string of the molecule is CCN1c2cc(F)c(/C=C3/NC(=O)N(Cc4ccc(Cl)c(Cl)c4)C3=O)cc2C(C)CC1(C)C. The third-order valence-electron chi connectivity index (χ3n) is 6.41. The number of nitrogens with one attached hydrogen (secondary N) is 1. The molecule has 0 saturated carbocycles. The first-order chi connectivity index (χ1) is 15.5. The van der Waals surface area contributed by atoms with E-state index >= 15 is 4.39 Å². The van der Waals surface area contributed by atoms with Gasteiger partial charge in [0, 0.05) is 23.3 Å². The van der Waals surface area contributed by atoms with Crippen LogP contribution in [0.5, 0.6) is 0 Å². The second-order valence-corrected chi connectivity index (χ2v) is 10.0. The standard InChI is InChI=1S/C25H26Cl2FN3O2/c1-5-31-22-11-20(28)16(9-17(22)14(2)12-25(31,3)4)10-21-23(32)30(24(33)29-21)13-15-6-7-18(26)19(27)8-15/h6-11,14H,5,12-13H2,1-4H3,(H,29,33)/b21-10+. The van der Waals surface area contributed by atoms with Crippen molar-refractivity contribution in [3.8, 4) is 0 Å². The summed E-state index contributed by atoms with van der Waals surface area (Å²) in [7, 11) is 0. The van der Waals surface area contributed by atoms with E-state index in [0.29, 0.717) is 15.6 Å². The quantitative estimate of drug-likeness (QED) is 0.402. The van der Waals surface area contributed by atoms with Crippen molar-refractivity contribution >= 4 is 46.9 Å². The van der Waals surface area contributed by atoms with Crippen LogP contribution in [-0.2, 0) is 11.3 Å². The molecule has 0 radical (unpaired) electrons. The number of nitrogens with zero attached hydrogens (tertiary/aromatic N) is 2. The van der Waals surface area contributed by atoms with E-state index in [4.69, 9.17) is 23.2 Å². The molecule has 1 saturated heterocycles. The molecule has 0 spiro atoms. The molecule has 1 fully saturated rings. The zero-order chi connectivity index (χ0) is 24.1. The van der Waals surface area contributed by atoms with Crippen molar-refractivity contribution in [1.29, 1.82) is 0 Å². The highest BCUT2D eigenvalue weighted by Gasteiger charge is 2.37. The summed E-state index contributed by atoms with van der Waals surface area (Å²) in [5.41, 5.74) is 2.81. The zero-order valence-corrected chi connectivity index (χ0v) is 20.5. The summed E-state index contributed by atoms with van der Waals surface area (Å²) >= 11 is 12.0. The fourth-order valence-corrected chi connectivity index (χ4v) is 5.24. The average Bonchev–Trinajstić information content (AvgIpc) is 2.99. The molecule has 5 nitrogen and oxygen atoms in total. The fourth-order valence-electron chi connectivity index (χ4n) is 4.92. The maximum Gasteiger partial charge on any atom is 0.329 e. The molecule has 2 aromatic rings. The number of hydrogen-bond acceptors (Lipinski definition) is 3. The lowest BCUT2D eigenvalue weighted by atomic mass is 9.79. The lowest BCUT2D eigenvalue weighted by Gasteiger charge is -2.47. The van der Waals surface area contributed by atoms with Crippen molar-refractivity contribution in [3.05, 3.63) is 68.6 Å². The number of anilines is 1. The number of carbonyl (C=O) groups excluding carboxylic acids is 2. The molecule has 8 heteroatoms. The Morgan fingerprint density at radius 2 is 1.91 bits per heavy atom. The summed E-state index contributed by atoms with van der Waals surface area (Å²) in [5.74, 6) is -0.724. The lowest BCUT2D eigenvalue weighted by molar-refractivity contribution is -0.123. The van der Waals surface area contributed by atoms with Crippen molar-refractivity contribution < 1.29 is 14.0 Å². The highest BCUT2D eigenvalue weighted by atomic mass is 35.5. The topological polar surface area (TPSA) is 52.7 Å². The summed E-state index contributed by atoms with van der Waals surface area (Å²) in [6.07, 6.45) is 2.34. The van der Waals surface area contributed by atoms with Gasteiger partial charge in [-0.25, -0.2) is 9.18 Å². The molecule has 174 valence electrons. The van der Waals surface area contributed by atoms with Crippen LogP contribution in [0.2, 0.25) is 10.0 Å². The Morgan fingerprint density at radius 1 is 1.18 bits per heavy atom. The minimum Gasteiger partial charge on any atom is -0.366 e. The van der Waals surface area contributed by atoms with Crippen LogP contribution < -0.4 is 10.2 Å². The van der Waals surface area contributed by atoms with E-state index in [2.05, 4.69) is 37.9 Å². The number of imide groups is 1. The molecule has 1 N–H and O–H groups in total. The van der Waals surface area contributed by atoms with Crippen LogP contribution >= 0.6 is 23.2 Å². The second kappa shape index (κ2) is 8.65. The molecule has 2 aliphatic heterocycles. The number of hydrogen-bond donors (Lipinski definition) is 1. The number of amides is 3. The Bertz CT molecular complexity index is 1180. The normalized spacial score (nSPS) is 20.9. The predicted molar refractivity (Wildman–Crippen MR) is 130 cm³/mol. The van der Waals surface area contributed by atoms with Gasteiger partial charge < -0.3 is 10.2 Å². The van der Waals surface area contributed by atoms with Gasteiger partial charge in [0.25, 0.3) is 5.91 Å². The molecule has 1 unspecified atom stereocenters. The number of halogens is 3. The Labute approximate surface area is 203 Å². The van der Waals surface area contributed by atoms with Gasteiger partial charge >= 0.3 is 6.03 Å². The van der Waals surface area contributed by atoms with Crippen LogP contribution in [0.3, 0.4) is 0 Å². The molecule has 33 heavy (non-hydrogen) atoms. The van der Waals surface area contributed by atoms with Crippen LogP contribution in [0.1, 0.15) is 56.7 Å². The number of benzene rings is 2. The number of urea groups is 1. The van der Waals surface area contributed by atoms with Gasteiger partial charge in [-0.2, -0.15) is 0 Å². The Morgan fingerprint density at radius 3 is 2.58 bits per heavy atom. The molecular weight excluding hydrogens is 464 g/mol. The van der Waals surface area contributed by atoms with Gasteiger partial charge in [-0.1, -0.05) is 36.2 Å². The summed E-state index contributed by atoms with van der Waals surface area (Å²) in [4.78, 5) is 28.6. The van der Waals surface area contributed by atoms with Gasteiger partial charge in [0.1, 0.15) is 11.5 Å². The van der Waals surface area contributed by atoms with Crippen molar-refractivity contribution in [2.75, 3.05) is 11.4 Å². The van der Waals surface area contributed by atoms with Crippen LogP contribution in [0.25, 0.3) is 6.08 Å². The fraction of sp³-hybridized carbons (Fsp3) is 0.360. The first kappa shape index (κ1) is 23.6. The first-order valence-electron chi connectivity index (χ1n) is 10.9. The van der Waals surface area contributed by atoms with Crippen LogP contribution in [0, 0.1) is 5.82 Å². The number of carbonyl (C=O) groups is 2. The van der Waals surface area contributed by atoms with Gasteiger partial charge in [0.2, 0.25) is 0 Å². The van der Waals surface area contributed by atoms with Crippen LogP contribution in [0.15, 0.2) is 36.0 Å². The molecule has 0 aliphatic carbocycles. The van der Waals surface area contributed by atoms with Crippen molar-refractivity contribution in [3.63, 3.8) is 0 Å². The van der Waals surface area contributed by atoms with Crippen molar-refractivity contribution in [2.24, 2.45) is 0 Å². The zero-order valence-electron chi connectivity index (χ0n) is 19.0. The molecule has 0 bridgehead atoms. The van der Waals surface area contributed by atoms with Gasteiger partial charge in [-0.3, -0.25) is 9.69 Å². The van der Waals surface area contributed by atoms with E-state index in [0.717, 1.165) is 29.1 Å². The Hall–Kier alpha value is -2.57. The monoisotopic (exact) mass is 489 g/mol. The summed E-state index contributed by atoms with van der Waals surface area (Å²) in [5, 5.41) is 3.29. The van der Waals surface area contributed by atoms with Gasteiger partial charge in [-0.15, -0.1) is 0 Å². The van der Waals surface area contributed by atoms with Gasteiger partial charge in [0.05, 0.1) is 16.6 Å². The maximum absolute atomic E-state index is 15.1. The third-order valence-corrected chi connectivity index (χ3v) is 7.15. The van der Waals surface area contributed by atoms with Crippen molar-refractivity contribution in [2.45, 2.75) is 52.1 Å². The van der Waals surface area contributed by atoms with E-state index in [1.165, 1.54) is 12.1 Å². The van der Waals surface area contributed by atoms with Crippen LogP contribution in [0.4, 0.5) is 14.9 Å². The molecule has 1 atom stereocenters. The maximum atomic E-state index is 15.1. The summed E-state index contributed by atoms with van der Waals surface area (Å²) < 4.78 is 15.1. The minimum atomic E-state index is -0.567. The average molecular weight is 490 g/mol. The first-order valence-corrected chi connectivity index (χ1v) is 11.7.